The van der Waals surface area contributed by atoms with Crippen LogP contribution in [0.2, 0.25) is 0 Å². The lowest BCUT2D eigenvalue weighted by Crippen LogP contribution is -2.19. The summed E-state index contributed by atoms with van der Waals surface area (Å²) in [6, 6.07) is 13.4. The number of aromatic nitrogens is 2. The Bertz CT molecular complexity index is 1240. The van der Waals surface area contributed by atoms with Gasteiger partial charge in [0.1, 0.15) is 0 Å². The zero-order valence-corrected chi connectivity index (χ0v) is 19.7. The van der Waals surface area contributed by atoms with Gasteiger partial charge in [-0.3, -0.25) is 14.6 Å². The second-order valence-electron chi connectivity index (χ2n) is 9.63. The first kappa shape index (κ1) is 22.8. The van der Waals surface area contributed by atoms with Crippen molar-refractivity contribution in [2.75, 3.05) is 0 Å². The Balaban J connectivity index is 0.000000176. The van der Waals surface area contributed by atoms with Gasteiger partial charge in [-0.1, -0.05) is 53.7 Å². The molecule has 0 saturated heterocycles. The summed E-state index contributed by atoms with van der Waals surface area (Å²) in [5.74, 6) is 0.344. The van der Waals surface area contributed by atoms with Crippen LogP contribution in [0.15, 0.2) is 60.4 Å². The Morgan fingerprint density at radius 1 is 0.774 bits per heavy atom. The minimum Gasteiger partial charge on any atom is -0.294 e. The maximum Gasteiger partial charge on any atom is 0.168 e. The molecule has 0 saturated carbocycles. The molecule has 0 atom stereocenters. The third kappa shape index (κ3) is 5.42. The van der Waals surface area contributed by atoms with Crippen molar-refractivity contribution in [3.63, 3.8) is 0 Å². The number of benzene rings is 2. The van der Waals surface area contributed by atoms with Gasteiger partial charge in [-0.25, -0.2) is 4.98 Å². The van der Waals surface area contributed by atoms with E-state index < -0.39 is 0 Å². The van der Waals surface area contributed by atoms with Gasteiger partial charge in [-0.15, -0.1) is 11.3 Å². The maximum atomic E-state index is 12.1. The van der Waals surface area contributed by atoms with Crippen LogP contribution in [-0.4, -0.2) is 21.5 Å². The molecule has 160 valence electrons. The van der Waals surface area contributed by atoms with Crippen molar-refractivity contribution in [3.05, 3.63) is 71.5 Å². The highest BCUT2D eigenvalue weighted by molar-refractivity contribution is 7.16. The van der Waals surface area contributed by atoms with Gasteiger partial charge in [0.05, 0.1) is 15.7 Å². The van der Waals surface area contributed by atoms with Crippen molar-refractivity contribution >= 4 is 43.9 Å². The molecule has 4 aromatic rings. The number of rotatable bonds is 2. The van der Waals surface area contributed by atoms with Crippen molar-refractivity contribution in [1.29, 1.82) is 0 Å². The molecule has 2 aromatic heterocycles. The van der Waals surface area contributed by atoms with Gasteiger partial charge < -0.3 is 0 Å². The molecule has 4 rings (SSSR count). The first-order valence-corrected chi connectivity index (χ1v) is 11.1. The molecule has 2 aromatic carbocycles. The van der Waals surface area contributed by atoms with Crippen molar-refractivity contribution in [1.82, 2.24) is 9.97 Å². The number of pyridine rings is 1. The zero-order valence-electron chi connectivity index (χ0n) is 18.9. The highest BCUT2D eigenvalue weighted by Crippen LogP contribution is 2.25. The van der Waals surface area contributed by atoms with Gasteiger partial charge in [0.15, 0.2) is 11.6 Å². The molecule has 0 aliphatic carbocycles. The van der Waals surface area contributed by atoms with Gasteiger partial charge in [0, 0.05) is 39.7 Å². The molecule has 0 aliphatic heterocycles. The van der Waals surface area contributed by atoms with Crippen LogP contribution in [0.5, 0.6) is 0 Å². The van der Waals surface area contributed by atoms with E-state index in [1.54, 1.807) is 29.2 Å². The van der Waals surface area contributed by atoms with Crippen LogP contribution in [0, 0.1) is 10.8 Å². The number of Topliss-reactive ketones (excluding diaryl/α,β-unsaturated/α-hetero) is 2. The summed E-state index contributed by atoms with van der Waals surface area (Å²) in [7, 11) is 0. The zero-order chi connectivity index (χ0) is 22.8. The molecule has 0 fully saturated rings. The van der Waals surface area contributed by atoms with E-state index in [4.69, 9.17) is 0 Å². The number of nitrogens with zero attached hydrogens (tertiary/aromatic N) is 2. The van der Waals surface area contributed by atoms with E-state index in [-0.39, 0.29) is 22.4 Å². The molecule has 5 heteroatoms. The van der Waals surface area contributed by atoms with Crippen LogP contribution in [0.3, 0.4) is 0 Å². The van der Waals surface area contributed by atoms with Crippen molar-refractivity contribution < 1.29 is 9.59 Å². The van der Waals surface area contributed by atoms with Crippen molar-refractivity contribution in [2.24, 2.45) is 10.8 Å². The lowest BCUT2D eigenvalue weighted by molar-refractivity contribution is 0.0852. The van der Waals surface area contributed by atoms with Crippen LogP contribution in [0.1, 0.15) is 62.3 Å². The third-order valence-electron chi connectivity index (χ3n) is 4.86. The topological polar surface area (TPSA) is 59.9 Å². The number of fused-ring (bicyclic) bond motifs is 2. The summed E-state index contributed by atoms with van der Waals surface area (Å²) < 4.78 is 1.07. The predicted octanol–water partition coefficient (Wildman–Crippen LogP) is 6.99. The number of carbonyl (C=O) groups is 2. The predicted molar refractivity (Wildman–Crippen MR) is 129 cm³/mol. The van der Waals surface area contributed by atoms with E-state index >= 15 is 0 Å². The fourth-order valence-electron chi connectivity index (χ4n) is 3.09. The van der Waals surface area contributed by atoms with E-state index in [0.29, 0.717) is 0 Å². The van der Waals surface area contributed by atoms with E-state index in [2.05, 4.69) is 9.97 Å². The minimum atomic E-state index is -0.337. The summed E-state index contributed by atoms with van der Waals surface area (Å²) >= 11 is 1.57. The molecule has 0 unspecified atom stereocenters. The van der Waals surface area contributed by atoms with Gasteiger partial charge in [0.2, 0.25) is 0 Å². The van der Waals surface area contributed by atoms with Gasteiger partial charge in [-0.2, -0.15) is 0 Å². The lowest BCUT2D eigenvalue weighted by Gasteiger charge is -2.16. The van der Waals surface area contributed by atoms with E-state index in [1.165, 1.54) is 0 Å². The fraction of sp³-hybridized carbons (Fsp3) is 0.308. The Morgan fingerprint density at radius 3 is 2.03 bits per heavy atom. The molecule has 0 N–H and O–H groups in total. The van der Waals surface area contributed by atoms with Gasteiger partial charge >= 0.3 is 0 Å². The summed E-state index contributed by atoms with van der Waals surface area (Å²) in [6.07, 6.45) is 3.54. The quantitative estimate of drug-likeness (QED) is 0.320. The first-order valence-electron chi connectivity index (χ1n) is 10.2. The standard InChI is InChI=1S/C14H15NO.C12H13NOS/c1-14(2,3)13(16)11-5-4-10-6-7-15-9-12(10)8-11;1-12(2,3)11(14)8-4-5-9-10(6-8)15-7-13-9/h4-9H,1-3H3;4-7H,1-3H3. The number of carbonyl (C=O) groups excluding carboxylic acids is 2. The van der Waals surface area contributed by atoms with Gasteiger partial charge in [0.25, 0.3) is 0 Å². The SMILES string of the molecule is CC(C)(C)C(=O)c1ccc2ccncc2c1.CC(C)(C)C(=O)c1ccc2ncsc2c1. The normalized spacial score (nSPS) is 11.8. The second-order valence-corrected chi connectivity index (χ2v) is 10.5. The Labute approximate surface area is 187 Å². The average Bonchev–Trinajstić information content (AvgIpc) is 3.19. The molecule has 0 amide bonds. The lowest BCUT2D eigenvalue weighted by atomic mass is 9.86. The summed E-state index contributed by atoms with van der Waals surface area (Å²) in [5, 5.41) is 2.12. The number of thiazole rings is 1. The highest BCUT2D eigenvalue weighted by Gasteiger charge is 2.23. The Morgan fingerprint density at radius 2 is 1.39 bits per heavy atom. The molecule has 0 spiro atoms. The van der Waals surface area contributed by atoms with E-state index in [1.807, 2.05) is 84.0 Å². The van der Waals surface area contributed by atoms with Crippen LogP contribution < -0.4 is 0 Å². The van der Waals surface area contributed by atoms with Crippen LogP contribution in [0.25, 0.3) is 21.0 Å². The molecular weight excluding hydrogens is 404 g/mol. The molecule has 2 heterocycles. The molecule has 0 aliphatic rings. The van der Waals surface area contributed by atoms with E-state index in [9.17, 15) is 9.59 Å². The highest BCUT2D eigenvalue weighted by atomic mass is 32.1. The number of hydrogen-bond donors (Lipinski definition) is 0. The van der Waals surface area contributed by atoms with Crippen molar-refractivity contribution in [3.8, 4) is 0 Å². The number of ketones is 2. The molecule has 0 radical (unpaired) electrons. The second kappa shape index (κ2) is 8.67. The van der Waals surface area contributed by atoms with Crippen LogP contribution in [0.4, 0.5) is 0 Å². The fourth-order valence-corrected chi connectivity index (χ4v) is 3.80. The average molecular weight is 433 g/mol. The third-order valence-corrected chi connectivity index (χ3v) is 5.65. The molecule has 4 nitrogen and oxygen atoms in total. The largest absolute Gasteiger partial charge is 0.294 e. The van der Waals surface area contributed by atoms with Crippen LogP contribution in [-0.2, 0) is 0 Å². The summed E-state index contributed by atoms with van der Waals surface area (Å²) in [6.45, 7) is 11.6. The molecule has 0 bridgehead atoms. The summed E-state index contributed by atoms with van der Waals surface area (Å²) in [5.41, 5.74) is 3.64. The maximum absolute atomic E-state index is 12.1. The van der Waals surface area contributed by atoms with Crippen LogP contribution >= 0.6 is 11.3 Å². The molecular formula is C26H28N2O2S. The molecule has 31 heavy (non-hydrogen) atoms. The van der Waals surface area contributed by atoms with Crippen molar-refractivity contribution in [2.45, 2.75) is 41.5 Å². The number of hydrogen-bond acceptors (Lipinski definition) is 5. The van der Waals surface area contributed by atoms with Gasteiger partial charge in [-0.05, 0) is 35.7 Å². The Kier molecular flexibility index (Phi) is 6.37. The summed E-state index contributed by atoms with van der Waals surface area (Å²) in [4.78, 5) is 32.4. The van der Waals surface area contributed by atoms with E-state index in [0.717, 1.165) is 32.1 Å². The first-order chi connectivity index (χ1) is 14.5. The smallest absolute Gasteiger partial charge is 0.168 e. The monoisotopic (exact) mass is 432 g/mol. The minimum absolute atomic E-state index is 0.165. The Hall–Kier alpha value is -2.92.